The second kappa shape index (κ2) is 9.79. The van der Waals surface area contributed by atoms with Gasteiger partial charge >= 0.3 is 15.0 Å². The van der Waals surface area contributed by atoms with E-state index in [2.05, 4.69) is 47.1 Å². The highest BCUT2D eigenvalue weighted by Crippen LogP contribution is 2.31. The molecule has 0 unspecified atom stereocenters. The summed E-state index contributed by atoms with van der Waals surface area (Å²) in [6.07, 6.45) is 8.16. The maximum absolute atomic E-state index is 9.20. The van der Waals surface area contributed by atoms with Gasteiger partial charge in [0.2, 0.25) is 0 Å². The molecular formula is C24H28AlN5O2. The number of azide groups is 1. The zero-order valence-corrected chi connectivity index (χ0v) is 20.2. The Hall–Kier alpha value is -2.78. The van der Waals surface area contributed by atoms with Crippen LogP contribution in [0, 0.1) is 27.7 Å². The van der Waals surface area contributed by atoms with Gasteiger partial charge in [0.05, 0.1) is 23.6 Å². The van der Waals surface area contributed by atoms with Crippen LogP contribution >= 0.6 is 0 Å². The molecule has 4 rings (SSSR count). The highest BCUT2D eigenvalue weighted by Gasteiger charge is 2.34. The Morgan fingerprint density at radius 3 is 1.75 bits per heavy atom. The molecule has 0 spiro atoms. The number of fused-ring (bicyclic) bond motifs is 3. The van der Waals surface area contributed by atoms with E-state index in [0.717, 1.165) is 59.1 Å². The van der Waals surface area contributed by atoms with Crippen LogP contribution in [0.2, 0.25) is 0 Å². The summed E-state index contributed by atoms with van der Waals surface area (Å²) in [4.78, 5) is 12.9. The van der Waals surface area contributed by atoms with Crippen molar-refractivity contribution in [2.75, 3.05) is 0 Å². The van der Waals surface area contributed by atoms with Crippen LogP contribution in [-0.2, 0) is 0 Å². The van der Waals surface area contributed by atoms with Gasteiger partial charge in [0, 0.05) is 23.6 Å². The van der Waals surface area contributed by atoms with E-state index in [1.165, 1.54) is 0 Å². The third-order valence-corrected chi connectivity index (χ3v) is 7.15. The quantitative estimate of drug-likeness (QED) is 0.239. The predicted molar refractivity (Wildman–Crippen MR) is 129 cm³/mol. The molecule has 1 saturated carbocycles. The molecule has 2 aromatic carbocycles. The van der Waals surface area contributed by atoms with E-state index in [-0.39, 0.29) is 12.1 Å². The molecule has 8 heteroatoms. The fourth-order valence-corrected chi connectivity index (χ4v) is 5.87. The molecule has 1 heterocycles. The van der Waals surface area contributed by atoms with Crippen LogP contribution < -0.4 is 7.58 Å². The molecule has 0 amide bonds. The lowest BCUT2D eigenvalue weighted by Crippen LogP contribution is -2.29. The van der Waals surface area contributed by atoms with Crippen LogP contribution in [0.4, 0.5) is 0 Å². The van der Waals surface area contributed by atoms with Crippen molar-refractivity contribution < 1.29 is 7.58 Å². The van der Waals surface area contributed by atoms with E-state index in [1.54, 1.807) is 0 Å². The topological polar surface area (TPSA) is 91.9 Å². The molecular weight excluding hydrogens is 417 g/mol. The summed E-state index contributed by atoms with van der Waals surface area (Å²) in [6.45, 7) is 8.09. The maximum Gasteiger partial charge on any atom is 0.947 e. The van der Waals surface area contributed by atoms with Gasteiger partial charge in [-0.25, -0.2) is 0 Å². The van der Waals surface area contributed by atoms with Crippen LogP contribution in [0.3, 0.4) is 0 Å². The van der Waals surface area contributed by atoms with Gasteiger partial charge in [0.15, 0.2) is 0 Å². The van der Waals surface area contributed by atoms with Gasteiger partial charge in [-0.1, -0.05) is 29.1 Å². The minimum atomic E-state index is -2.81. The Kier molecular flexibility index (Phi) is 6.86. The number of nitrogens with zero attached hydrogens (tertiary/aromatic N) is 5. The number of benzene rings is 2. The zero-order chi connectivity index (χ0) is 22.7. The normalized spacial score (nSPS) is 20.2. The highest BCUT2D eigenvalue weighted by molar-refractivity contribution is 6.44. The first kappa shape index (κ1) is 22.4. The van der Waals surface area contributed by atoms with Gasteiger partial charge in [-0.3, -0.25) is 9.98 Å². The maximum atomic E-state index is 9.20. The van der Waals surface area contributed by atoms with Gasteiger partial charge in [0.25, 0.3) is 0 Å². The fourth-order valence-electron chi connectivity index (χ4n) is 4.59. The molecule has 7 nitrogen and oxygen atoms in total. The number of rotatable bonds is 1. The summed E-state index contributed by atoms with van der Waals surface area (Å²) in [5.41, 5.74) is 15.1. The molecule has 0 N–H and O–H groups in total. The molecule has 0 saturated heterocycles. The Balaban J connectivity index is 1.88. The zero-order valence-electron chi connectivity index (χ0n) is 19.1. The van der Waals surface area contributed by atoms with Crippen LogP contribution in [0.1, 0.15) is 59.1 Å². The molecule has 0 aromatic heterocycles. The number of hydrogen-bond donors (Lipinski definition) is 0. The van der Waals surface area contributed by atoms with Gasteiger partial charge in [-0.15, -0.1) is 0 Å². The molecule has 1 aliphatic heterocycles. The summed E-state index contributed by atoms with van der Waals surface area (Å²) in [7, 11) is 0. The van der Waals surface area contributed by atoms with Crippen molar-refractivity contribution in [2.45, 2.75) is 65.5 Å². The molecule has 1 fully saturated rings. The van der Waals surface area contributed by atoms with E-state index < -0.39 is 15.0 Å². The fraction of sp³-hybridized carbons (Fsp3) is 0.417. The lowest BCUT2D eigenvalue weighted by Gasteiger charge is -2.25. The molecule has 2 atom stereocenters. The first-order valence-electron chi connectivity index (χ1n) is 11.1. The predicted octanol–water partition coefficient (Wildman–Crippen LogP) is 5.84. The van der Waals surface area contributed by atoms with Gasteiger partial charge < -0.3 is 7.58 Å². The average Bonchev–Trinajstić information content (AvgIpc) is 2.75. The van der Waals surface area contributed by atoms with Crippen molar-refractivity contribution in [3.8, 4) is 11.5 Å². The second-order valence-electron chi connectivity index (χ2n) is 8.72. The number of hydrogen-bond acceptors (Lipinski definition) is 5. The van der Waals surface area contributed by atoms with E-state index in [1.807, 2.05) is 26.3 Å². The summed E-state index contributed by atoms with van der Waals surface area (Å²) in [5, 5.41) is 0. The van der Waals surface area contributed by atoms with E-state index in [4.69, 9.17) is 17.6 Å². The van der Waals surface area contributed by atoms with Gasteiger partial charge in [-0.05, 0) is 85.4 Å². The van der Waals surface area contributed by atoms with Crippen LogP contribution in [-0.4, -0.2) is 39.5 Å². The third-order valence-electron chi connectivity index (χ3n) is 5.98. The third kappa shape index (κ3) is 4.99. The van der Waals surface area contributed by atoms with E-state index in [0.29, 0.717) is 11.5 Å². The van der Waals surface area contributed by atoms with Gasteiger partial charge in [0.1, 0.15) is 0 Å². The van der Waals surface area contributed by atoms with E-state index in [9.17, 15) is 5.53 Å². The molecule has 1 aliphatic carbocycles. The minimum absolute atomic E-state index is 0.134. The number of aryl methyl sites for hydroxylation is 4. The molecule has 164 valence electrons. The van der Waals surface area contributed by atoms with Crippen LogP contribution in [0.15, 0.2) is 38.3 Å². The molecule has 2 aromatic rings. The Labute approximate surface area is 194 Å². The van der Waals surface area contributed by atoms with Crippen molar-refractivity contribution >= 4 is 27.5 Å². The minimum Gasteiger partial charge on any atom is -0.609 e. The summed E-state index contributed by atoms with van der Waals surface area (Å²) >= 11 is -2.81. The van der Waals surface area contributed by atoms with Crippen LogP contribution in [0.25, 0.3) is 10.4 Å². The van der Waals surface area contributed by atoms with Crippen molar-refractivity contribution in [2.24, 2.45) is 14.1 Å². The van der Waals surface area contributed by atoms with E-state index >= 15 is 0 Å². The first-order chi connectivity index (χ1) is 15.4. The lowest BCUT2D eigenvalue weighted by molar-refractivity contribution is 0.390. The smallest absolute Gasteiger partial charge is 0.609 e. The van der Waals surface area contributed by atoms with Crippen molar-refractivity contribution in [3.63, 3.8) is 0 Å². The highest BCUT2D eigenvalue weighted by atomic mass is 27.2. The van der Waals surface area contributed by atoms with Crippen molar-refractivity contribution in [3.05, 3.63) is 68.1 Å². The Bertz CT molecular complexity index is 1040. The standard InChI is InChI=1S/C24H30N2O2.Al.N3/c1-15-9-17(3)23(27)19(11-15)13-25-21-7-5-6-8-22(21)26-14-20-12-16(2)10-18(4)24(20)28;;1-3-2/h9-14,21-22,27-28H,5-8H2,1-4H3;;/q;+3;-1/p-2/t21-,22+;;. The molecule has 0 radical (unpaired) electrons. The Morgan fingerprint density at radius 1 is 0.844 bits per heavy atom. The summed E-state index contributed by atoms with van der Waals surface area (Å²) < 4.78 is 16.5. The molecule has 2 aliphatic rings. The molecule has 32 heavy (non-hydrogen) atoms. The average molecular weight is 446 g/mol. The first-order valence-corrected chi connectivity index (χ1v) is 12.6. The second-order valence-corrected chi connectivity index (χ2v) is 10.0. The van der Waals surface area contributed by atoms with Crippen molar-refractivity contribution in [1.29, 1.82) is 0 Å². The van der Waals surface area contributed by atoms with Crippen LogP contribution in [0.5, 0.6) is 11.5 Å². The Morgan fingerprint density at radius 2 is 1.31 bits per heavy atom. The SMILES string of the molecule is Cc1cc(C)c2c(c1)C=N[C@H]1CCCC[C@H]1N=Cc1cc(C)cc(C)c1[O][Al]([N]=[N+]=[N-])[O]2. The number of aliphatic imine (C=N–C) groups is 2. The monoisotopic (exact) mass is 445 g/mol. The van der Waals surface area contributed by atoms with Crippen molar-refractivity contribution in [1.82, 2.24) is 0 Å². The summed E-state index contributed by atoms with van der Waals surface area (Å²) in [5.74, 6) is 1.34. The van der Waals surface area contributed by atoms with Gasteiger partial charge in [-0.2, -0.15) is 0 Å². The lowest BCUT2D eigenvalue weighted by atomic mass is 9.91. The summed E-state index contributed by atoms with van der Waals surface area (Å²) in [6, 6.07) is 8.49. The molecule has 0 bridgehead atoms. The largest absolute Gasteiger partial charge is 0.947 e.